The molecule has 43 heavy (non-hydrogen) atoms. The Morgan fingerprint density at radius 2 is 1.74 bits per heavy atom. The smallest absolute Gasteiger partial charge is 0.337 e. The first-order valence-electron chi connectivity index (χ1n) is 16.5. The number of alkyl halides is 1. The quantitative estimate of drug-likeness (QED) is 0.420. The van der Waals surface area contributed by atoms with Gasteiger partial charge < -0.3 is 14.5 Å². The van der Waals surface area contributed by atoms with Gasteiger partial charge >= 0.3 is 5.97 Å². The van der Waals surface area contributed by atoms with Gasteiger partial charge in [-0.3, -0.25) is 9.69 Å². The third-order valence-electron chi connectivity index (χ3n) is 10.8. The number of carbonyl (C=O) groups excluding carboxylic acids is 2. The number of fused-ring (bicyclic) bond motifs is 5. The lowest BCUT2D eigenvalue weighted by atomic mass is 9.75. The average Bonchev–Trinajstić information content (AvgIpc) is 3.26. The summed E-state index contributed by atoms with van der Waals surface area (Å²) >= 11 is 0. The Bertz CT molecular complexity index is 1380. The number of benzene rings is 1. The zero-order chi connectivity index (χ0) is 29.5. The summed E-state index contributed by atoms with van der Waals surface area (Å²) < 4.78 is 19.2. The topological polar surface area (TPSA) is 53.1 Å². The van der Waals surface area contributed by atoms with Crippen LogP contribution in [0.2, 0.25) is 0 Å². The van der Waals surface area contributed by atoms with Crippen LogP contribution in [0.25, 0.3) is 11.8 Å². The molecule has 2 saturated heterocycles. The second-order valence-corrected chi connectivity index (χ2v) is 13.3. The Labute approximate surface area is 254 Å². The van der Waals surface area contributed by atoms with Crippen molar-refractivity contribution in [2.45, 2.75) is 76.0 Å². The molecule has 1 aromatic carbocycles. The number of piperidine rings is 2. The monoisotopic (exact) mass is 585 g/mol. The fourth-order valence-corrected chi connectivity index (χ4v) is 8.64. The molecule has 0 bridgehead atoms. The van der Waals surface area contributed by atoms with Crippen molar-refractivity contribution >= 4 is 23.6 Å². The number of nitrogens with zero attached hydrogens (tertiary/aromatic N) is 3. The first-order chi connectivity index (χ1) is 21.0. The van der Waals surface area contributed by atoms with Crippen LogP contribution in [-0.4, -0.2) is 84.7 Å². The zero-order valence-corrected chi connectivity index (χ0v) is 25.3. The summed E-state index contributed by atoms with van der Waals surface area (Å²) in [5.41, 5.74) is 6.39. The highest BCUT2D eigenvalue weighted by atomic mass is 19.1. The molecule has 3 atom stereocenters. The summed E-state index contributed by atoms with van der Waals surface area (Å²) in [5, 5.41) is 0. The molecule has 4 aliphatic heterocycles. The summed E-state index contributed by atoms with van der Waals surface area (Å²) in [6.45, 7) is 3.41. The van der Waals surface area contributed by atoms with Crippen molar-refractivity contribution in [3.05, 3.63) is 70.3 Å². The minimum absolute atomic E-state index is 0.0353. The van der Waals surface area contributed by atoms with Gasteiger partial charge in [-0.2, -0.15) is 0 Å². The first-order valence-corrected chi connectivity index (χ1v) is 16.5. The maximum atomic E-state index is 14.2. The fourth-order valence-electron chi connectivity index (χ4n) is 8.64. The van der Waals surface area contributed by atoms with E-state index in [1.807, 2.05) is 11.0 Å². The van der Waals surface area contributed by atoms with E-state index >= 15 is 0 Å². The molecular formula is C36H44FN3O3. The van der Waals surface area contributed by atoms with E-state index in [1.165, 1.54) is 56.0 Å². The Kier molecular flexibility index (Phi) is 8.02. The Hall–Kier alpha value is -3.19. The predicted molar refractivity (Wildman–Crippen MR) is 166 cm³/mol. The van der Waals surface area contributed by atoms with Crippen molar-refractivity contribution in [1.29, 1.82) is 0 Å². The summed E-state index contributed by atoms with van der Waals surface area (Å²) in [5.74, 6) is 0.457. The fraction of sp³-hybridized carbons (Fsp3) is 0.556. The largest absolute Gasteiger partial charge is 0.465 e. The number of halogens is 1. The number of ether oxygens (including phenoxy) is 1. The lowest BCUT2D eigenvalue weighted by Crippen LogP contribution is -2.50. The number of carbonyl (C=O) groups is 2. The van der Waals surface area contributed by atoms with Gasteiger partial charge in [0.15, 0.2) is 0 Å². The third-order valence-corrected chi connectivity index (χ3v) is 10.8. The van der Waals surface area contributed by atoms with Crippen LogP contribution in [0.4, 0.5) is 4.39 Å². The lowest BCUT2D eigenvalue weighted by molar-refractivity contribution is -0.135. The van der Waals surface area contributed by atoms with Crippen molar-refractivity contribution in [3.8, 4) is 0 Å². The van der Waals surface area contributed by atoms with Gasteiger partial charge in [0.25, 0.3) is 5.91 Å². The predicted octanol–water partition coefficient (Wildman–Crippen LogP) is 5.77. The van der Waals surface area contributed by atoms with Crippen molar-refractivity contribution in [1.82, 2.24) is 14.7 Å². The molecule has 0 spiro atoms. The van der Waals surface area contributed by atoms with Crippen LogP contribution >= 0.6 is 0 Å². The van der Waals surface area contributed by atoms with Crippen LogP contribution in [0.15, 0.2) is 59.2 Å². The minimum atomic E-state index is -0.724. The first kappa shape index (κ1) is 28.6. The second-order valence-electron chi connectivity index (χ2n) is 13.3. The Morgan fingerprint density at radius 1 is 0.953 bits per heavy atom. The van der Waals surface area contributed by atoms with Crippen LogP contribution in [0.1, 0.15) is 68.9 Å². The molecule has 228 valence electrons. The van der Waals surface area contributed by atoms with Crippen LogP contribution in [0.5, 0.6) is 0 Å². The van der Waals surface area contributed by atoms with Gasteiger partial charge in [-0.15, -0.1) is 0 Å². The standard InChI is InChI=1S/C36H44FN3O3/c1-43-36(42)26-13-14-31-32(21-26)40-22-27(35(41)38-18-15-29(16-19-38)39-17-7-11-28(37)23-39)20-25-10-5-6-12-30(25)34(40)33(31)24-8-3-2-4-9-24/h5-6,10,12-14,20-21,24,28-29,31-32H,2-4,7-9,11,15-19,22-23H2,1H3. The summed E-state index contributed by atoms with van der Waals surface area (Å²) in [6.07, 6.45) is 17.2. The number of likely N-dealkylation sites (tertiary alicyclic amines) is 2. The molecule has 7 heteroatoms. The summed E-state index contributed by atoms with van der Waals surface area (Å²) in [4.78, 5) is 33.6. The maximum Gasteiger partial charge on any atom is 0.337 e. The van der Waals surface area contributed by atoms with E-state index in [-0.39, 0.29) is 23.8 Å². The molecule has 0 radical (unpaired) electrons. The van der Waals surface area contributed by atoms with Crippen molar-refractivity contribution in [3.63, 3.8) is 0 Å². The summed E-state index contributed by atoms with van der Waals surface area (Å²) in [6, 6.07) is 8.83. The Balaban J connectivity index is 1.20. The highest BCUT2D eigenvalue weighted by Crippen LogP contribution is 2.51. The van der Waals surface area contributed by atoms with Gasteiger partial charge in [-0.05, 0) is 74.3 Å². The molecule has 6 nitrogen and oxygen atoms in total. The van der Waals surface area contributed by atoms with Crippen molar-refractivity contribution in [2.24, 2.45) is 11.8 Å². The molecule has 3 unspecified atom stereocenters. The van der Waals surface area contributed by atoms with E-state index in [2.05, 4.69) is 52.3 Å². The van der Waals surface area contributed by atoms with E-state index in [0.29, 0.717) is 50.1 Å². The van der Waals surface area contributed by atoms with E-state index in [1.54, 1.807) is 0 Å². The second kappa shape index (κ2) is 12.1. The van der Waals surface area contributed by atoms with Crippen LogP contribution in [0.3, 0.4) is 0 Å². The van der Waals surface area contributed by atoms with Gasteiger partial charge in [0.1, 0.15) is 6.17 Å². The molecule has 7 rings (SSSR count). The van der Waals surface area contributed by atoms with E-state index < -0.39 is 6.17 Å². The van der Waals surface area contributed by atoms with E-state index in [9.17, 15) is 14.0 Å². The molecular weight excluding hydrogens is 541 g/mol. The SMILES string of the molecule is COC(=O)C1=CC2C(C=C1)C(C1CCCCC1)=C1c3ccccc3C=C(C(=O)N3CCC(N4CCCC(F)C4)CC3)CN12. The number of hydrogen-bond acceptors (Lipinski definition) is 5. The van der Waals surface area contributed by atoms with Gasteiger partial charge in [-0.1, -0.05) is 55.7 Å². The molecule has 0 aromatic heterocycles. The normalized spacial score (nSPS) is 28.5. The van der Waals surface area contributed by atoms with Gasteiger partial charge in [0.05, 0.1) is 18.7 Å². The Morgan fingerprint density at radius 3 is 2.51 bits per heavy atom. The molecule has 0 N–H and O–H groups in total. The molecule has 1 amide bonds. The number of methoxy groups -OCH3 is 1. The lowest BCUT2D eigenvalue weighted by Gasteiger charge is -2.41. The van der Waals surface area contributed by atoms with Crippen molar-refractivity contribution in [2.75, 3.05) is 39.8 Å². The number of esters is 1. The number of hydrogen-bond donors (Lipinski definition) is 0. The van der Waals surface area contributed by atoms with E-state index in [0.717, 1.165) is 36.9 Å². The van der Waals surface area contributed by atoms with E-state index in [4.69, 9.17) is 4.74 Å². The number of amides is 1. The molecule has 1 saturated carbocycles. The van der Waals surface area contributed by atoms with Crippen LogP contribution in [0, 0.1) is 11.8 Å². The van der Waals surface area contributed by atoms with Gasteiger partial charge in [-0.25, -0.2) is 9.18 Å². The molecule has 2 aliphatic carbocycles. The zero-order valence-electron chi connectivity index (χ0n) is 25.3. The molecule has 3 fully saturated rings. The van der Waals surface area contributed by atoms with Crippen LogP contribution in [-0.2, 0) is 14.3 Å². The average molecular weight is 586 g/mol. The highest BCUT2D eigenvalue weighted by molar-refractivity contribution is 6.00. The van der Waals surface area contributed by atoms with Crippen LogP contribution < -0.4 is 0 Å². The minimum Gasteiger partial charge on any atom is -0.465 e. The maximum absolute atomic E-state index is 14.2. The number of rotatable bonds is 4. The van der Waals surface area contributed by atoms with Gasteiger partial charge in [0.2, 0.25) is 0 Å². The molecule has 4 heterocycles. The molecule has 1 aromatic rings. The molecule has 6 aliphatic rings. The third kappa shape index (κ3) is 5.39. The van der Waals surface area contributed by atoms with Gasteiger partial charge in [0, 0.05) is 55.0 Å². The highest BCUT2D eigenvalue weighted by Gasteiger charge is 2.45. The van der Waals surface area contributed by atoms with Crippen molar-refractivity contribution < 1.29 is 18.7 Å². The summed E-state index contributed by atoms with van der Waals surface area (Å²) in [7, 11) is 1.43.